The Morgan fingerprint density at radius 2 is 1.48 bits per heavy atom. The van der Waals surface area contributed by atoms with E-state index >= 15 is 0 Å². The summed E-state index contributed by atoms with van der Waals surface area (Å²) >= 11 is 0. The van der Waals surface area contributed by atoms with E-state index < -0.39 is 0 Å². The molecule has 0 amide bonds. The van der Waals surface area contributed by atoms with Gasteiger partial charge in [-0.2, -0.15) is 0 Å². The maximum Gasteiger partial charge on any atom is 0.292 e. The van der Waals surface area contributed by atoms with Crippen molar-refractivity contribution in [2.24, 2.45) is 0 Å². The predicted octanol–water partition coefficient (Wildman–Crippen LogP) is 4.59. The number of nitro benzene ring substituents is 1. The average Bonchev–Trinajstić information content (AvgIpc) is 2.81. The quantitative estimate of drug-likeness (QED) is 0.451. The third-order valence-corrected chi connectivity index (χ3v) is 5.95. The molecule has 4 rings (SSSR count). The topological polar surface area (TPSA) is 61.7 Å². The Morgan fingerprint density at radius 1 is 0.903 bits per heavy atom. The van der Waals surface area contributed by atoms with Crippen molar-refractivity contribution in [2.75, 3.05) is 50.0 Å². The Bertz CT molecular complexity index is 963. The molecule has 6 nitrogen and oxygen atoms in total. The van der Waals surface area contributed by atoms with Crippen LogP contribution in [0.1, 0.15) is 17.0 Å². The second kappa shape index (κ2) is 9.62. The smallest absolute Gasteiger partial charge is 0.292 e. The van der Waals surface area contributed by atoms with E-state index in [0.717, 1.165) is 31.9 Å². The average molecular weight is 417 g/mol. The van der Waals surface area contributed by atoms with Crippen LogP contribution in [0.5, 0.6) is 0 Å². The molecule has 0 aromatic heterocycles. The number of hydrogen-bond donors (Lipinski definition) is 1. The van der Waals surface area contributed by atoms with Gasteiger partial charge in [0.05, 0.1) is 4.92 Å². The number of nitrogens with zero attached hydrogens (tertiary/aromatic N) is 3. The summed E-state index contributed by atoms with van der Waals surface area (Å²) in [7, 11) is 2.12. The summed E-state index contributed by atoms with van der Waals surface area (Å²) in [6, 6.07) is 26.0. The minimum Gasteiger partial charge on any atom is -0.378 e. The lowest BCUT2D eigenvalue weighted by molar-refractivity contribution is -0.383. The van der Waals surface area contributed by atoms with Crippen LogP contribution in [0, 0.1) is 10.1 Å². The fourth-order valence-corrected chi connectivity index (χ4v) is 4.10. The first-order valence-corrected chi connectivity index (χ1v) is 10.7. The molecule has 1 fully saturated rings. The molecular weight excluding hydrogens is 388 g/mol. The third kappa shape index (κ3) is 5.03. The first-order valence-electron chi connectivity index (χ1n) is 10.7. The number of anilines is 2. The number of benzene rings is 3. The summed E-state index contributed by atoms with van der Waals surface area (Å²) < 4.78 is 0. The molecular formula is C25H28N4O2. The summed E-state index contributed by atoms with van der Waals surface area (Å²) in [5.74, 6) is 0.0919. The van der Waals surface area contributed by atoms with Crippen molar-refractivity contribution < 1.29 is 4.92 Å². The summed E-state index contributed by atoms with van der Waals surface area (Å²) in [6.07, 6.45) is 0. The number of hydrogen-bond acceptors (Lipinski definition) is 5. The fourth-order valence-electron chi connectivity index (χ4n) is 4.10. The Morgan fingerprint density at radius 3 is 2.03 bits per heavy atom. The molecule has 0 atom stereocenters. The molecule has 160 valence electrons. The summed E-state index contributed by atoms with van der Waals surface area (Å²) in [6.45, 7) is 4.39. The molecule has 1 aliphatic heterocycles. The van der Waals surface area contributed by atoms with Crippen molar-refractivity contribution in [3.05, 3.63) is 100 Å². The molecule has 0 aliphatic carbocycles. The van der Waals surface area contributed by atoms with Gasteiger partial charge in [0.25, 0.3) is 5.69 Å². The van der Waals surface area contributed by atoms with Gasteiger partial charge in [-0.3, -0.25) is 10.1 Å². The zero-order chi connectivity index (χ0) is 21.6. The van der Waals surface area contributed by atoms with Crippen LogP contribution in [0.3, 0.4) is 0 Å². The molecule has 0 bridgehead atoms. The van der Waals surface area contributed by atoms with Crippen molar-refractivity contribution in [1.82, 2.24) is 4.90 Å². The number of piperazine rings is 1. The van der Waals surface area contributed by atoms with Gasteiger partial charge in [0.1, 0.15) is 5.69 Å². The minimum absolute atomic E-state index is 0.0919. The molecule has 3 aromatic rings. The Labute approximate surface area is 183 Å². The second-order valence-corrected chi connectivity index (χ2v) is 8.00. The van der Waals surface area contributed by atoms with Gasteiger partial charge in [-0.25, -0.2) is 0 Å². The van der Waals surface area contributed by atoms with Crippen LogP contribution in [0.25, 0.3) is 0 Å². The van der Waals surface area contributed by atoms with Crippen LogP contribution >= 0.6 is 0 Å². The van der Waals surface area contributed by atoms with E-state index in [-0.39, 0.29) is 16.5 Å². The van der Waals surface area contributed by atoms with E-state index in [1.165, 1.54) is 11.1 Å². The van der Waals surface area contributed by atoms with Gasteiger partial charge >= 0.3 is 0 Å². The van der Waals surface area contributed by atoms with Gasteiger partial charge in [-0.1, -0.05) is 60.7 Å². The van der Waals surface area contributed by atoms with Crippen molar-refractivity contribution >= 4 is 17.1 Å². The van der Waals surface area contributed by atoms with Crippen LogP contribution in [-0.4, -0.2) is 49.6 Å². The first kappa shape index (κ1) is 20.9. The van der Waals surface area contributed by atoms with Crippen molar-refractivity contribution in [2.45, 2.75) is 5.92 Å². The highest BCUT2D eigenvalue weighted by Crippen LogP contribution is 2.32. The van der Waals surface area contributed by atoms with Gasteiger partial charge < -0.3 is 15.1 Å². The number of rotatable bonds is 7. The maximum atomic E-state index is 11.7. The van der Waals surface area contributed by atoms with Gasteiger partial charge in [-0.05, 0) is 30.3 Å². The molecule has 0 spiro atoms. The van der Waals surface area contributed by atoms with Gasteiger partial charge in [-0.15, -0.1) is 0 Å². The molecule has 1 N–H and O–H groups in total. The normalized spacial score (nSPS) is 14.6. The lowest BCUT2D eigenvalue weighted by Gasteiger charge is -2.34. The lowest BCUT2D eigenvalue weighted by atomic mass is 9.91. The Balaban J connectivity index is 1.60. The highest BCUT2D eigenvalue weighted by atomic mass is 16.6. The highest BCUT2D eigenvalue weighted by Gasteiger charge is 2.21. The second-order valence-electron chi connectivity index (χ2n) is 8.00. The highest BCUT2D eigenvalue weighted by molar-refractivity contribution is 5.69. The van der Waals surface area contributed by atoms with Gasteiger partial charge in [0.2, 0.25) is 0 Å². The lowest BCUT2D eigenvalue weighted by Crippen LogP contribution is -2.44. The van der Waals surface area contributed by atoms with E-state index in [9.17, 15) is 10.1 Å². The van der Waals surface area contributed by atoms with Crippen LogP contribution in [0.4, 0.5) is 17.1 Å². The molecule has 0 radical (unpaired) electrons. The predicted molar refractivity (Wildman–Crippen MR) is 126 cm³/mol. The first-order chi connectivity index (χ1) is 15.1. The van der Waals surface area contributed by atoms with Gasteiger partial charge in [0, 0.05) is 50.4 Å². The molecule has 0 saturated carbocycles. The molecule has 1 aliphatic rings. The molecule has 31 heavy (non-hydrogen) atoms. The number of likely N-dealkylation sites (N-methyl/N-ethyl adjacent to an activating group) is 1. The van der Waals surface area contributed by atoms with E-state index in [1.54, 1.807) is 6.07 Å². The van der Waals surface area contributed by atoms with Gasteiger partial charge in [0.15, 0.2) is 0 Å². The summed E-state index contributed by atoms with van der Waals surface area (Å²) in [4.78, 5) is 16.0. The van der Waals surface area contributed by atoms with Crippen LogP contribution in [0.2, 0.25) is 0 Å². The van der Waals surface area contributed by atoms with Crippen molar-refractivity contribution in [3.63, 3.8) is 0 Å². The molecule has 0 unspecified atom stereocenters. The molecule has 6 heteroatoms. The monoisotopic (exact) mass is 416 g/mol. The van der Waals surface area contributed by atoms with Crippen LogP contribution < -0.4 is 10.2 Å². The Hall–Kier alpha value is -3.38. The largest absolute Gasteiger partial charge is 0.378 e. The maximum absolute atomic E-state index is 11.7. The number of nitro groups is 1. The van der Waals surface area contributed by atoms with Crippen molar-refractivity contribution in [3.8, 4) is 0 Å². The van der Waals surface area contributed by atoms with E-state index in [0.29, 0.717) is 12.2 Å². The number of nitrogens with one attached hydrogen (secondary N) is 1. The Kier molecular flexibility index (Phi) is 6.48. The fraction of sp³-hybridized carbons (Fsp3) is 0.280. The summed E-state index contributed by atoms with van der Waals surface area (Å²) in [5, 5.41) is 15.1. The van der Waals surface area contributed by atoms with E-state index in [4.69, 9.17) is 0 Å². The van der Waals surface area contributed by atoms with Crippen LogP contribution in [-0.2, 0) is 0 Å². The molecule has 3 aromatic carbocycles. The van der Waals surface area contributed by atoms with E-state index in [2.05, 4.69) is 46.4 Å². The van der Waals surface area contributed by atoms with E-state index in [1.807, 2.05) is 48.5 Å². The van der Waals surface area contributed by atoms with Crippen LogP contribution in [0.15, 0.2) is 78.9 Å². The zero-order valence-corrected chi connectivity index (χ0v) is 17.8. The summed E-state index contributed by atoms with van der Waals surface area (Å²) in [5.41, 5.74) is 4.06. The minimum atomic E-state index is -0.309. The molecule has 1 heterocycles. The molecule has 1 saturated heterocycles. The zero-order valence-electron chi connectivity index (χ0n) is 17.8. The standard InChI is InChI=1S/C25H28N4O2/c1-27-14-16-28(17-15-27)22-12-13-25(29(30)31)24(18-22)26-19-23(20-8-4-2-5-9-20)21-10-6-3-7-11-21/h2-13,18,23,26H,14-17,19H2,1H3. The van der Waals surface area contributed by atoms with Crippen molar-refractivity contribution in [1.29, 1.82) is 0 Å². The third-order valence-electron chi connectivity index (χ3n) is 5.95. The SMILES string of the molecule is CN1CCN(c2ccc([N+](=O)[O-])c(NCC(c3ccccc3)c3ccccc3)c2)CC1.